The van der Waals surface area contributed by atoms with Crippen molar-refractivity contribution < 1.29 is 13.0 Å². The van der Waals surface area contributed by atoms with Crippen LogP contribution in [-0.4, -0.2) is 29.2 Å². The lowest BCUT2D eigenvalue weighted by molar-refractivity contribution is -0.262. The van der Waals surface area contributed by atoms with E-state index >= 15 is 0 Å². The van der Waals surface area contributed by atoms with Crippen molar-refractivity contribution in [1.29, 1.82) is 0 Å². The van der Waals surface area contributed by atoms with Gasteiger partial charge >= 0.3 is 0 Å². The van der Waals surface area contributed by atoms with E-state index in [1.165, 1.54) is 51.4 Å². The summed E-state index contributed by atoms with van der Waals surface area (Å²) in [6, 6.07) is 0. The van der Waals surface area contributed by atoms with Gasteiger partial charge in [-0.05, 0) is 144 Å². The van der Waals surface area contributed by atoms with Crippen LogP contribution < -0.4 is 0 Å². The van der Waals surface area contributed by atoms with Crippen molar-refractivity contribution in [2.24, 2.45) is 74.4 Å². The van der Waals surface area contributed by atoms with Crippen LogP contribution in [0.15, 0.2) is 0 Å². The monoisotopic (exact) mass is 640 g/mol. The maximum Gasteiger partial charge on any atom is 0.268 e. The molecule has 42 heavy (non-hydrogen) atoms. The summed E-state index contributed by atoms with van der Waals surface area (Å²) in [5.41, 5.74) is 1.12. The van der Waals surface area contributed by atoms with E-state index in [0.29, 0.717) is 34.8 Å². The first-order chi connectivity index (χ1) is 19.3. The molecule has 0 aromatic rings. The van der Waals surface area contributed by atoms with E-state index in [-0.39, 0.29) is 33.3 Å². The minimum Gasteiger partial charge on any atom is -0.285 e. The Hall–Kier alpha value is 0.610. The van der Waals surface area contributed by atoms with Crippen LogP contribution in [0.25, 0.3) is 0 Å². The summed E-state index contributed by atoms with van der Waals surface area (Å²) < 4.78 is 36.5. The maximum atomic E-state index is 12.9. The minimum atomic E-state index is -4.18. The molecule has 5 rings (SSSR count). The molecule has 5 fully saturated rings. The summed E-state index contributed by atoms with van der Waals surface area (Å²) in [6.07, 6.45) is 12.7. The number of fused-ring (bicyclic) bond motifs is 7. The second-order valence-electron chi connectivity index (χ2n) is 17.9. The molecule has 0 aliphatic heterocycles. The number of rotatable bonds is 6. The average Bonchev–Trinajstić information content (AvgIpc) is 2.89. The second-order valence-corrected chi connectivity index (χ2v) is 20.6. The smallest absolute Gasteiger partial charge is 0.268 e. The van der Waals surface area contributed by atoms with Crippen LogP contribution in [0.5, 0.6) is 0 Å². The van der Waals surface area contributed by atoms with Gasteiger partial charge in [-0.2, -0.15) is 33.7 Å². The summed E-state index contributed by atoms with van der Waals surface area (Å²) in [6.45, 7) is 22.8. The van der Waals surface area contributed by atoms with Gasteiger partial charge in [-0.25, -0.2) is 0 Å². The maximum absolute atomic E-state index is 12.9. The summed E-state index contributed by atoms with van der Waals surface area (Å²) in [7, 11) is -4.18. The molecule has 1 N–H and O–H groups in total. The van der Waals surface area contributed by atoms with Gasteiger partial charge < -0.3 is 0 Å². The first kappa shape index (κ1) is 34.0. The highest BCUT2D eigenvalue weighted by molar-refractivity contribution is 7.86. The van der Waals surface area contributed by atoms with E-state index < -0.39 is 15.4 Å². The van der Waals surface area contributed by atoms with Crippen LogP contribution in [0.2, 0.25) is 0 Å². The van der Waals surface area contributed by atoms with E-state index in [9.17, 15) is 13.0 Å². The molecule has 5 aliphatic rings. The Bertz CT molecular complexity index is 1120. The molecular weight excluding hydrogens is 577 g/mol. The van der Waals surface area contributed by atoms with Crippen LogP contribution in [0.4, 0.5) is 0 Å². The van der Waals surface area contributed by atoms with Crippen molar-refractivity contribution in [2.75, 3.05) is 5.75 Å². The van der Waals surface area contributed by atoms with Crippen molar-refractivity contribution in [1.82, 2.24) is 0 Å². The fraction of sp³-hybridized carbons (Fsp3) is 1.00. The minimum absolute atomic E-state index is 0.0101. The number of hydrogen-bond acceptors (Lipinski definition) is 4. The van der Waals surface area contributed by atoms with Crippen molar-refractivity contribution in [2.45, 2.75) is 143 Å². The predicted octanol–water partition coefficient (Wildman–Crippen LogP) is 9.87. The molecule has 0 amide bonds. The molecule has 0 aromatic carbocycles. The van der Waals surface area contributed by atoms with Gasteiger partial charge in [-0.1, -0.05) is 68.7 Å². The summed E-state index contributed by atoms with van der Waals surface area (Å²) in [5.74, 6) is 4.87. The zero-order chi connectivity index (χ0) is 31.3. The van der Waals surface area contributed by atoms with Crippen molar-refractivity contribution in [3.05, 3.63) is 0 Å². The summed E-state index contributed by atoms with van der Waals surface area (Å²) in [5, 5.41) is -0.520. The van der Waals surface area contributed by atoms with Gasteiger partial charge in [-0.3, -0.25) is 4.55 Å². The summed E-state index contributed by atoms with van der Waals surface area (Å²) in [4.78, 5) is 0. The Morgan fingerprint density at radius 1 is 0.881 bits per heavy atom. The molecule has 3 nitrogen and oxygen atoms in total. The third kappa shape index (κ3) is 4.69. The quantitative estimate of drug-likeness (QED) is 0.200. The molecule has 4 unspecified atom stereocenters. The van der Waals surface area contributed by atoms with Crippen molar-refractivity contribution in [3.8, 4) is 0 Å². The molecule has 0 bridgehead atoms. The Labute approximate surface area is 270 Å². The molecular formula is C36H64O3S3. The topological polar surface area (TPSA) is 54.4 Å². The van der Waals surface area contributed by atoms with Crippen molar-refractivity contribution >= 4 is 35.4 Å². The van der Waals surface area contributed by atoms with Gasteiger partial charge in [0.1, 0.15) is 0 Å². The van der Waals surface area contributed by atoms with Crippen molar-refractivity contribution in [3.63, 3.8) is 0 Å². The van der Waals surface area contributed by atoms with Crippen LogP contribution in [0.3, 0.4) is 0 Å². The molecule has 0 spiro atoms. The van der Waals surface area contributed by atoms with Gasteiger partial charge in [0.25, 0.3) is 10.1 Å². The highest BCUT2D eigenvalue weighted by Crippen LogP contribution is 2.78. The van der Waals surface area contributed by atoms with E-state index in [2.05, 4.69) is 74.9 Å². The molecule has 0 radical (unpaired) electrons. The molecule has 244 valence electrons. The lowest BCUT2D eigenvalue weighted by atomic mass is 9.30. The average molecular weight is 641 g/mol. The summed E-state index contributed by atoms with van der Waals surface area (Å²) >= 11 is 9.73. The molecule has 0 aromatic heterocycles. The third-order valence-corrected chi connectivity index (χ3v) is 19.0. The molecule has 6 heteroatoms. The van der Waals surface area contributed by atoms with Crippen LogP contribution in [-0.2, 0) is 10.1 Å². The highest BCUT2D eigenvalue weighted by atomic mass is 32.2. The van der Waals surface area contributed by atoms with Crippen LogP contribution in [0.1, 0.15) is 133 Å². The van der Waals surface area contributed by atoms with Crippen LogP contribution in [0, 0.1) is 74.4 Å². The molecule has 0 saturated heterocycles. The lowest BCUT2D eigenvalue weighted by Gasteiger charge is -2.75. The normalized spacial score (nSPS) is 51.8. The Kier molecular flexibility index (Phi) is 8.98. The fourth-order valence-electron chi connectivity index (χ4n) is 13.8. The van der Waals surface area contributed by atoms with E-state index in [4.69, 9.17) is 12.6 Å². The van der Waals surface area contributed by atoms with Gasteiger partial charge in [0.15, 0.2) is 0 Å². The third-order valence-electron chi connectivity index (χ3n) is 16.5. The molecule has 0 heterocycles. The number of hydrogen-bond donors (Lipinski definition) is 3. The zero-order valence-corrected chi connectivity index (χ0v) is 30.9. The lowest BCUT2D eigenvalue weighted by Crippen LogP contribution is -2.69. The van der Waals surface area contributed by atoms with E-state index in [1.54, 1.807) is 0 Å². The van der Waals surface area contributed by atoms with E-state index in [0.717, 1.165) is 36.5 Å². The SMILES string of the molecule is CCC(C1CC(S)C(C)(C)[C@@H]2CC[C@]3(C)[C@H](CC[C@@H]4[C@@H]5[C@@H](C)[C@H](C)CC[C@]5(C)CC[C@]43C)[C@@]12C)C(CCS)S(=O)(=O)O. The first-order valence-electron chi connectivity index (χ1n) is 17.6. The molecule has 5 aliphatic carbocycles. The highest BCUT2D eigenvalue weighted by Gasteiger charge is 2.72. The van der Waals surface area contributed by atoms with Crippen LogP contribution >= 0.6 is 25.3 Å². The standard InChI is InChI=1S/C36H64O3S3/c1-10-24(27(15-20-40)42(37,38)39)26-21-30(41)32(4,5)28-14-17-35(8)29(36(26,28)9)12-11-25-31-23(3)22(2)13-16-33(31,6)18-19-34(25,35)7/h22-31,40-41H,10-21H2,1-9H3,(H,37,38,39)/t22-,23+,24?,25-,26?,27?,28+,29+,30?,31+,33-,34-,35-,36+/m1/s1. The molecule has 5 saturated carbocycles. The second kappa shape index (κ2) is 11.1. The zero-order valence-electron chi connectivity index (χ0n) is 28.3. The van der Waals surface area contributed by atoms with Gasteiger partial charge in [0.2, 0.25) is 0 Å². The molecule has 14 atom stereocenters. The fourth-order valence-corrected chi connectivity index (χ4v) is 15.9. The Morgan fingerprint density at radius 2 is 1.55 bits per heavy atom. The first-order valence-corrected chi connectivity index (χ1v) is 20.2. The van der Waals surface area contributed by atoms with Gasteiger partial charge in [0.05, 0.1) is 5.25 Å². The van der Waals surface area contributed by atoms with Gasteiger partial charge in [0, 0.05) is 5.25 Å². The Balaban J connectivity index is 1.62. The number of thiol groups is 2. The van der Waals surface area contributed by atoms with Gasteiger partial charge in [-0.15, -0.1) is 0 Å². The predicted molar refractivity (Wildman–Crippen MR) is 184 cm³/mol. The largest absolute Gasteiger partial charge is 0.285 e. The van der Waals surface area contributed by atoms with E-state index in [1.807, 2.05) is 0 Å². The Morgan fingerprint density at radius 3 is 2.14 bits per heavy atom.